The van der Waals surface area contributed by atoms with Crippen molar-refractivity contribution in [3.8, 4) is 0 Å². The number of carbonyl (C=O) groups is 3. The number of carbonyl (C=O) groups excluding carboxylic acids is 3. The predicted octanol–water partition coefficient (Wildman–Crippen LogP) is 3.50. The van der Waals surface area contributed by atoms with E-state index in [4.69, 9.17) is 11.6 Å². The Balaban J connectivity index is 1.91. The molecule has 0 fully saturated rings. The van der Waals surface area contributed by atoms with Crippen molar-refractivity contribution < 1.29 is 19.1 Å². The average molecular weight is 389 g/mol. The van der Waals surface area contributed by atoms with Crippen LogP contribution in [0.25, 0.3) is 0 Å². The van der Waals surface area contributed by atoms with Crippen molar-refractivity contribution in [1.29, 1.82) is 0 Å². The number of hydrogen-bond acceptors (Lipinski definition) is 4. The lowest BCUT2D eigenvalue weighted by atomic mass is 10.2. The van der Waals surface area contributed by atoms with Gasteiger partial charge in [0, 0.05) is 37.1 Å². The van der Waals surface area contributed by atoms with Crippen LogP contribution in [0.4, 0.5) is 5.69 Å². The highest BCUT2D eigenvalue weighted by atomic mass is 35.5. The topological polar surface area (TPSA) is 75.7 Å². The minimum absolute atomic E-state index is 0.134. The van der Waals surface area contributed by atoms with E-state index < -0.39 is 5.97 Å². The number of nitrogens with zero attached hydrogens (tertiary/aromatic N) is 1. The molecule has 7 heteroatoms. The largest absolute Gasteiger partial charge is 0.465 e. The first-order valence-corrected chi connectivity index (χ1v) is 8.75. The molecule has 0 saturated carbocycles. The van der Waals surface area contributed by atoms with E-state index in [9.17, 15) is 14.4 Å². The third-order valence-electron chi connectivity index (χ3n) is 3.96. The second-order valence-electron chi connectivity index (χ2n) is 5.90. The highest BCUT2D eigenvalue weighted by Gasteiger charge is 2.14. The van der Waals surface area contributed by atoms with Gasteiger partial charge in [0.1, 0.15) is 0 Å². The second kappa shape index (κ2) is 9.73. The molecule has 2 aromatic carbocycles. The van der Waals surface area contributed by atoms with Crippen molar-refractivity contribution in [3.63, 3.8) is 0 Å². The highest BCUT2D eigenvalue weighted by Crippen LogP contribution is 2.17. The monoisotopic (exact) mass is 388 g/mol. The standard InChI is InChI=1S/C20H21ClN2O4/c1-14(24)23(13-16-5-3-4-6-18(16)21)12-11-19(25)22-17-9-7-15(8-10-17)20(26)27-2/h3-10H,11-13H2,1-2H3,(H,22,25). The van der Waals surface area contributed by atoms with Gasteiger partial charge in [-0.15, -0.1) is 0 Å². The molecule has 0 aromatic heterocycles. The Morgan fingerprint density at radius 2 is 1.74 bits per heavy atom. The van der Waals surface area contributed by atoms with E-state index in [-0.39, 0.29) is 24.8 Å². The Morgan fingerprint density at radius 3 is 2.33 bits per heavy atom. The van der Waals surface area contributed by atoms with Gasteiger partial charge in [-0.05, 0) is 35.9 Å². The number of methoxy groups -OCH3 is 1. The van der Waals surface area contributed by atoms with E-state index in [1.807, 2.05) is 18.2 Å². The van der Waals surface area contributed by atoms with Gasteiger partial charge in [-0.3, -0.25) is 9.59 Å². The van der Waals surface area contributed by atoms with Crippen LogP contribution in [0, 0.1) is 0 Å². The van der Waals surface area contributed by atoms with E-state index in [2.05, 4.69) is 10.1 Å². The number of halogens is 1. The molecule has 0 heterocycles. The van der Waals surface area contributed by atoms with E-state index in [0.29, 0.717) is 22.8 Å². The van der Waals surface area contributed by atoms with Gasteiger partial charge in [-0.1, -0.05) is 29.8 Å². The Bertz CT molecular complexity index is 821. The molecule has 0 bridgehead atoms. The molecule has 2 aromatic rings. The molecule has 0 spiro atoms. The smallest absolute Gasteiger partial charge is 0.337 e. The number of esters is 1. The van der Waals surface area contributed by atoms with Crippen LogP contribution in [0.15, 0.2) is 48.5 Å². The molecule has 0 saturated heterocycles. The van der Waals surface area contributed by atoms with Crippen molar-refractivity contribution in [2.24, 2.45) is 0 Å². The minimum atomic E-state index is -0.440. The first-order valence-electron chi connectivity index (χ1n) is 8.38. The maximum Gasteiger partial charge on any atom is 0.337 e. The zero-order valence-corrected chi connectivity index (χ0v) is 16.0. The Hall–Kier alpha value is -2.86. The van der Waals surface area contributed by atoms with Gasteiger partial charge in [-0.25, -0.2) is 4.79 Å². The van der Waals surface area contributed by atoms with Gasteiger partial charge < -0.3 is 15.0 Å². The number of benzene rings is 2. The highest BCUT2D eigenvalue weighted by molar-refractivity contribution is 6.31. The second-order valence-corrected chi connectivity index (χ2v) is 6.31. The van der Waals surface area contributed by atoms with Crippen molar-refractivity contribution >= 4 is 35.1 Å². The number of amides is 2. The number of ether oxygens (including phenoxy) is 1. The summed E-state index contributed by atoms with van der Waals surface area (Å²) in [6.07, 6.45) is 0.142. The molecular formula is C20H21ClN2O4. The predicted molar refractivity (Wildman–Crippen MR) is 104 cm³/mol. The number of nitrogens with one attached hydrogen (secondary N) is 1. The number of rotatable bonds is 7. The third kappa shape index (κ3) is 6.11. The Labute approximate surface area is 163 Å². The summed E-state index contributed by atoms with van der Waals surface area (Å²) in [5.74, 6) is -0.805. The maximum atomic E-state index is 12.2. The fraction of sp³-hybridized carbons (Fsp3) is 0.250. The first kappa shape index (κ1) is 20.5. The van der Waals surface area contributed by atoms with Crippen molar-refractivity contribution in [2.75, 3.05) is 19.0 Å². The van der Waals surface area contributed by atoms with Crippen molar-refractivity contribution in [2.45, 2.75) is 19.9 Å². The summed E-state index contributed by atoms with van der Waals surface area (Å²) < 4.78 is 4.63. The molecular weight excluding hydrogens is 368 g/mol. The lowest BCUT2D eigenvalue weighted by Gasteiger charge is -2.21. The Kier molecular flexibility index (Phi) is 7.37. The summed E-state index contributed by atoms with van der Waals surface area (Å²) in [6.45, 7) is 2.07. The molecule has 2 amide bonds. The number of anilines is 1. The van der Waals surface area contributed by atoms with Gasteiger partial charge in [-0.2, -0.15) is 0 Å². The van der Waals surface area contributed by atoms with Crippen LogP contribution in [-0.4, -0.2) is 36.3 Å². The molecule has 0 radical (unpaired) electrons. The quantitative estimate of drug-likeness (QED) is 0.736. The molecule has 0 unspecified atom stereocenters. The summed E-state index contributed by atoms with van der Waals surface area (Å²) in [4.78, 5) is 37.0. The van der Waals surface area contributed by atoms with Gasteiger partial charge in [0.05, 0.1) is 12.7 Å². The molecule has 0 atom stereocenters. The fourth-order valence-electron chi connectivity index (χ4n) is 2.45. The van der Waals surface area contributed by atoms with Gasteiger partial charge >= 0.3 is 5.97 Å². The summed E-state index contributed by atoms with van der Waals surface area (Å²) in [5, 5.41) is 3.32. The first-order chi connectivity index (χ1) is 12.9. The van der Waals surface area contributed by atoms with Gasteiger partial charge in [0.25, 0.3) is 0 Å². The van der Waals surface area contributed by atoms with Crippen LogP contribution in [-0.2, 0) is 20.9 Å². The minimum Gasteiger partial charge on any atom is -0.465 e. The zero-order valence-electron chi connectivity index (χ0n) is 15.2. The molecule has 0 aliphatic carbocycles. The summed E-state index contributed by atoms with van der Waals surface area (Å²) in [6, 6.07) is 13.7. The zero-order chi connectivity index (χ0) is 19.8. The SMILES string of the molecule is COC(=O)c1ccc(NC(=O)CCN(Cc2ccccc2Cl)C(C)=O)cc1. The van der Waals surface area contributed by atoms with E-state index >= 15 is 0 Å². The van der Waals surface area contributed by atoms with Gasteiger partial charge in [0.2, 0.25) is 11.8 Å². The summed E-state index contributed by atoms with van der Waals surface area (Å²) >= 11 is 6.14. The van der Waals surface area contributed by atoms with Crippen LogP contribution in [0.2, 0.25) is 5.02 Å². The number of hydrogen-bond donors (Lipinski definition) is 1. The van der Waals surface area contributed by atoms with Crippen LogP contribution < -0.4 is 5.32 Å². The molecule has 6 nitrogen and oxygen atoms in total. The van der Waals surface area contributed by atoms with E-state index in [1.54, 1.807) is 35.2 Å². The summed E-state index contributed by atoms with van der Waals surface area (Å²) in [5.41, 5.74) is 1.79. The van der Waals surface area contributed by atoms with Crippen molar-refractivity contribution in [1.82, 2.24) is 4.90 Å². The lowest BCUT2D eigenvalue weighted by Crippen LogP contribution is -2.31. The average Bonchev–Trinajstić information content (AvgIpc) is 2.66. The molecule has 1 N–H and O–H groups in total. The normalized spacial score (nSPS) is 10.2. The van der Waals surface area contributed by atoms with Gasteiger partial charge in [0.15, 0.2) is 0 Å². The van der Waals surface area contributed by atoms with E-state index in [1.165, 1.54) is 14.0 Å². The van der Waals surface area contributed by atoms with E-state index in [0.717, 1.165) is 5.56 Å². The van der Waals surface area contributed by atoms with Crippen LogP contribution in [0.3, 0.4) is 0 Å². The molecule has 2 rings (SSSR count). The van der Waals surface area contributed by atoms with Crippen LogP contribution in [0.1, 0.15) is 29.3 Å². The Morgan fingerprint density at radius 1 is 1.07 bits per heavy atom. The lowest BCUT2D eigenvalue weighted by molar-refractivity contribution is -0.129. The van der Waals surface area contributed by atoms with Crippen molar-refractivity contribution in [3.05, 3.63) is 64.7 Å². The molecule has 142 valence electrons. The molecule has 27 heavy (non-hydrogen) atoms. The third-order valence-corrected chi connectivity index (χ3v) is 4.33. The maximum absolute atomic E-state index is 12.2. The summed E-state index contributed by atoms with van der Waals surface area (Å²) in [7, 11) is 1.31. The molecule has 0 aliphatic rings. The molecule has 0 aliphatic heterocycles. The van der Waals surface area contributed by atoms with Crippen LogP contribution >= 0.6 is 11.6 Å². The van der Waals surface area contributed by atoms with Crippen LogP contribution in [0.5, 0.6) is 0 Å². The fourth-order valence-corrected chi connectivity index (χ4v) is 2.64.